The maximum Gasteiger partial charge on any atom is 0.302 e. The zero-order chi connectivity index (χ0) is 22.6. The Morgan fingerprint density at radius 3 is 2.52 bits per heavy atom. The lowest BCUT2D eigenvalue weighted by atomic mass is 9.43. The van der Waals surface area contributed by atoms with Crippen molar-refractivity contribution in [2.75, 3.05) is 6.61 Å². The molecule has 0 aromatic carbocycles. The van der Waals surface area contributed by atoms with Gasteiger partial charge in [0, 0.05) is 20.3 Å². The number of esters is 2. The lowest BCUT2D eigenvalue weighted by molar-refractivity contribution is -0.218. The molecule has 2 heterocycles. The lowest BCUT2D eigenvalue weighted by Crippen LogP contribution is -2.67. The average molecular weight is 433 g/mol. The van der Waals surface area contributed by atoms with Gasteiger partial charge in [0.15, 0.2) is 5.78 Å². The highest BCUT2D eigenvalue weighted by atomic mass is 16.6. The molecule has 4 rings (SSSR count). The molecule has 0 N–H and O–H groups in total. The zero-order valence-corrected chi connectivity index (χ0v) is 18.9. The van der Waals surface area contributed by atoms with Gasteiger partial charge >= 0.3 is 11.9 Å². The summed E-state index contributed by atoms with van der Waals surface area (Å²) in [5, 5.41) is 0. The molecule has 1 aromatic heterocycles. The van der Waals surface area contributed by atoms with Gasteiger partial charge in [-0.3, -0.25) is 14.4 Å². The van der Waals surface area contributed by atoms with Crippen LogP contribution in [-0.4, -0.2) is 42.1 Å². The van der Waals surface area contributed by atoms with Crippen molar-refractivity contribution in [3.8, 4) is 0 Å². The van der Waals surface area contributed by atoms with Crippen molar-refractivity contribution in [2.24, 2.45) is 22.7 Å². The van der Waals surface area contributed by atoms with Crippen molar-refractivity contribution >= 4 is 17.7 Å². The van der Waals surface area contributed by atoms with Crippen LogP contribution in [0.25, 0.3) is 0 Å². The van der Waals surface area contributed by atoms with E-state index in [0.717, 1.165) is 12.8 Å². The van der Waals surface area contributed by atoms with Gasteiger partial charge in [-0.05, 0) is 49.5 Å². The van der Waals surface area contributed by atoms with E-state index < -0.39 is 17.1 Å². The number of carbonyl (C=O) groups is 3. The predicted octanol–water partition coefficient (Wildman–Crippen LogP) is 3.95. The fourth-order valence-corrected chi connectivity index (χ4v) is 6.61. The summed E-state index contributed by atoms with van der Waals surface area (Å²) < 4.78 is 22.8. The number of hydrogen-bond donors (Lipinski definition) is 0. The molecule has 1 aromatic rings. The number of rotatable bonds is 6. The van der Waals surface area contributed by atoms with Crippen LogP contribution in [0, 0.1) is 22.7 Å². The van der Waals surface area contributed by atoms with Gasteiger partial charge in [0.25, 0.3) is 0 Å². The molecule has 31 heavy (non-hydrogen) atoms. The van der Waals surface area contributed by atoms with E-state index >= 15 is 0 Å². The molecule has 1 saturated heterocycles. The van der Waals surface area contributed by atoms with Crippen molar-refractivity contribution in [2.45, 2.75) is 78.1 Å². The molecule has 0 amide bonds. The van der Waals surface area contributed by atoms with Gasteiger partial charge in [-0.2, -0.15) is 0 Å². The van der Waals surface area contributed by atoms with Crippen LogP contribution in [0.1, 0.15) is 70.7 Å². The van der Waals surface area contributed by atoms with Crippen LogP contribution in [0.3, 0.4) is 0 Å². The Morgan fingerprint density at radius 2 is 1.90 bits per heavy atom. The van der Waals surface area contributed by atoms with E-state index in [1.54, 1.807) is 6.07 Å². The number of Topliss-reactive ketones (excluding diaryl/α,β-unsaturated/α-hetero) is 1. The molecular formula is C24H32O7. The van der Waals surface area contributed by atoms with Crippen LogP contribution < -0.4 is 0 Å². The normalized spacial score (nSPS) is 40.9. The molecule has 3 fully saturated rings. The van der Waals surface area contributed by atoms with Gasteiger partial charge in [0.05, 0.1) is 23.3 Å². The fourth-order valence-electron chi connectivity index (χ4n) is 6.61. The molecule has 1 aliphatic heterocycles. The first kappa shape index (κ1) is 22.1. The summed E-state index contributed by atoms with van der Waals surface area (Å²) in [6, 6.07) is 1.69. The molecule has 0 spiro atoms. The first-order valence-corrected chi connectivity index (χ1v) is 11.1. The third-order valence-corrected chi connectivity index (χ3v) is 8.48. The number of hydrogen-bond acceptors (Lipinski definition) is 7. The van der Waals surface area contributed by atoms with E-state index in [9.17, 15) is 14.4 Å². The Bertz CT molecular complexity index is 876. The number of ketones is 1. The predicted molar refractivity (Wildman–Crippen MR) is 110 cm³/mol. The minimum atomic E-state index is -0.703. The van der Waals surface area contributed by atoms with Gasteiger partial charge in [-0.1, -0.05) is 13.8 Å². The molecule has 3 aliphatic rings. The van der Waals surface area contributed by atoms with Crippen LogP contribution in [-0.2, 0) is 23.8 Å². The number of fused-ring (bicyclic) bond motifs is 3. The minimum Gasteiger partial charge on any atom is -0.472 e. The summed E-state index contributed by atoms with van der Waals surface area (Å²) in [6.07, 6.45) is 5.19. The average Bonchev–Trinajstić information content (AvgIpc) is 3.11. The molecule has 7 heteroatoms. The Labute approximate surface area is 182 Å². The van der Waals surface area contributed by atoms with Gasteiger partial charge < -0.3 is 18.6 Å². The second-order valence-electron chi connectivity index (χ2n) is 10.0. The molecule has 7 atom stereocenters. The molecule has 2 aliphatic carbocycles. The second kappa shape index (κ2) is 7.47. The van der Waals surface area contributed by atoms with Crippen LogP contribution in [0.4, 0.5) is 0 Å². The van der Waals surface area contributed by atoms with Gasteiger partial charge in [-0.15, -0.1) is 0 Å². The van der Waals surface area contributed by atoms with Crippen LogP contribution in [0.5, 0.6) is 0 Å². The summed E-state index contributed by atoms with van der Waals surface area (Å²) >= 11 is 0. The first-order valence-electron chi connectivity index (χ1n) is 11.1. The summed E-state index contributed by atoms with van der Waals surface area (Å²) in [6.45, 7) is 9.22. The molecular weight excluding hydrogens is 400 g/mol. The summed E-state index contributed by atoms with van der Waals surface area (Å²) in [4.78, 5) is 37.0. The summed E-state index contributed by atoms with van der Waals surface area (Å²) in [7, 11) is 0. The van der Waals surface area contributed by atoms with Crippen molar-refractivity contribution in [3.63, 3.8) is 0 Å². The summed E-state index contributed by atoms with van der Waals surface area (Å²) in [5.41, 5.74) is -1.09. The number of ether oxygens (including phenoxy) is 3. The highest BCUT2D eigenvalue weighted by Gasteiger charge is 2.78. The third-order valence-electron chi connectivity index (χ3n) is 8.48. The maximum absolute atomic E-state index is 13.1. The van der Waals surface area contributed by atoms with Gasteiger partial charge in [0.1, 0.15) is 24.6 Å². The number of epoxide rings is 1. The molecule has 2 saturated carbocycles. The molecule has 0 radical (unpaired) electrons. The quantitative estimate of drug-likeness (QED) is 0.382. The summed E-state index contributed by atoms with van der Waals surface area (Å²) in [5.74, 6) is -0.619. The third kappa shape index (κ3) is 3.32. The Balaban J connectivity index is 1.78. The van der Waals surface area contributed by atoms with E-state index in [4.69, 9.17) is 18.6 Å². The van der Waals surface area contributed by atoms with Crippen molar-refractivity contribution in [1.82, 2.24) is 0 Å². The largest absolute Gasteiger partial charge is 0.472 e. The van der Waals surface area contributed by atoms with Crippen LogP contribution in [0.2, 0.25) is 0 Å². The Kier molecular flexibility index (Phi) is 5.31. The van der Waals surface area contributed by atoms with E-state index in [1.165, 1.54) is 26.4 Å². The smallest absolute Gasteiger partial charge is 0.302 e. The SMILES string of the molecule is CC(=O)OCC12C(OC(C)=O)CC(C)C(C)(CC(=O)c3ccoc3)C1CCC1OC12C. The van der Waals surface area contributed by atoms with Crippen LogP contribution >= 0.6 is 0 Å². The second-order valence-corrected chi connectivity index (χ2v) is 10.0. The highest BCUT2D eigenvalue weighted by molar-refractivity contribution is 5.96. The Morgan fingerprint density at radius 1 is 1.16 bits per heavy atom. The molecule has 0 bridgehead atoms. The lowest BCUT2D eigenvalue weighted by Gasteiger charge is -2.61. The van der Waals surface area contributed by atoms with E-state index in [1.807, 2.05) is 6.92 Å². The standard InChI is InChI=1S/C24H32O7/c1-14-10-21(30-16(3)26)24(13-29-15(2)25)19(6-7-20-23(24,5)31-20)22(14,4)11-18(27)17-8-9-28-12-17/h8-9,12,14,19-21H,6-7,10-11,13H2,1-5H3. The Hall–Kier alpha value is -2.15. The topological polar surface area (TPSA) is 95.3 Å². The van der Waals surface area contributed by atoms with Crippen LogP contribution in [0.15, 0.2) is 23.0 Å². The van der Waals surface area contributed by atoms with Gasteiger partial charge in [-0.25, -0.2) is 0 Å². The monoisotopic (exact) mass is 432 g/mol. The van der Waals surface area contributed by atoms with Crippen molar-refractivity contribution < 1.29 is 33.0 Å². The van der Waals surface area contributed by atoms with E-state index in [0.29, 0.717) is 18.4 Å². The number of carbonyl (C=O) groups excluding carboxylic acids is 3. The molecule has 7 nitrogen and oxygen atoms in total. The molecule has 7 unspecified atom stereocenters. The first-order chi connectivity index (χ1) is 14.5. The van der Waals surface area contributed by atoms with Crippen molar-refractivity contribution in [1.29, 1.82) is 0 Å². The van der Waals surface area contributed by atoms with E-state index in [2.05, 4.69) is 13.8 Å². The number of furan rings is 1. The molecule has 170 valence electrons. The van der Waals surface area contributed by atoms with Gasteiger partial charge in [0.2, 0.25) is 0 Å². The maximum atomic E-state index is 13.1. The van der Waals surface area contributed by atoms with E-state index in [-0.39, 0.29) is 47.7 Å². The van der Waals surface area contributed by atoms with Crippen molar-refractivity contribution in [3.05, 3.63) is 24.2 Å². The minimum absolute atomic E-state index is 0.0212. The zero-order valence-electron chi connectivity index (χ0n) is 18.9. The fraction of sp³-hybridized carbons (Fsp3) is 0.708. The highest BCUT2D eigenvalue weighted by Crippen LogP contribution is 2.71.